The molecule has 0 aromatic heterocycles. The second-order valence-electron chi connectivity index (χ2n) is 6.20. The van der Waals surface area contributed by atoms with Crippen molar-refractivity contribution in [3.8, 4) is 0 Å². The molecule has 0 radical (unpaired) electrons. The van der Waals surface area contributed by atoms with E-state index in [9.17, 15) is 0 Å². The molecule has 0 aromatic carbocycles. The first kappa shape index (κ1) is 15.2. The Morgan fingerprint density at radius 3 is 2.63 bits per heavy atom. The summed E-state index contributed by atoms with van der Waals surface area (Å²) >= 11 is 0. The van der Waals surface area contributed by atoms with Gasteiger partial charge in [0, 0.05) is 31.8 Å². The zero-order valence-electron chi connectivity index (χ0n) is 12.9. The van der Waals surface area contributed by atoms with Crippen LogP contribution in [0.3, 0.4) is 0 Å². The number of ether oxygens (including phenoxy) is 1. The van der Waals surface area contributed by atoms with Crippen LogP contribution in [0.4, 0.5) is 0 Å². The highest BCUT2D eigenvalue weighted by Gasteiger charge is 2.34. The van der Waals surface area contributed by atoms with Crippen molar-refractivity contribution >= 4 is 0 Å². The van der Waals surface area contributed by atoms with Crippen molar-refractivity contribution in [1.29, 1.82) is 0 Å². The van der Waals surface area contributed by atoms with E-state index in [1.807, 2.05) is 0 Å². The second-order valence-corrected chi connectivity index (χ2v) is 6.20. The summed E-state index contributed by atoms with van der Waals surface area (Å²) in [6, 6.07) is 1.25. The fourth-order valence-corrected chi connectivity index (χ4v) is 3.62. The van der Waals surface area contributed by atoms with Crippen molar-refractivity contribution in [2.24, 2.45) is 5.92 Å². The average molecular weight is 269 g/mol. The van der Waals surface area contributed by atoms with Crippen LogP contribution in [0.15, 0.2) is 0 Å². The fourth-order valence-electron chi connectivity index (χ4n) is 3.62. The monoisotopic (exact) mass is 269 g/mol. The molecule has 0 spiro atoms. The molecule has 2 rings (SSSR count). The van der Waals surface area contributed by atoms with Gasteiger partial charge in [0.15, 0.2) is 0 Å². The Hall–Kier alpha value is -0.160. The number of hydrogen-bond acceptors (Lipinski definition) is 4. The molecule has 2 aliphatic heterocycles. The van der Waals surface area contributed by atoms with Crippen LogP contribution in [0.25, 0.3) is 0 Å². The Morgan fingerprint density at radius 2 is 1.95 bits per heavy atom. The summed E-state index contributed by atoms with van der Waals surface area (Å²) < 4.78 is 5.54. The van der Waals surface area contributed by atoms with Gasteiger partial charge in [-0.25, -0.2) is 0 Å². The van der Waals surface area contributed by atoms with Gasteiger partial charge in [-0.2, -0.15) is 0 Å². The number of likely N-dealkylation sites (N-methyl/N-ethyl adjacent to an activating group) is 3. The maximum Gasteiger partial charge on any atom is 0.0469 e. The number of nitrogens with zero attached hydrogens (tertiary/aromatic N) is 2. The lowest BCUT2D eigenvalue weighted by molar-refractivity contribution is 0.0352. The first-order chi connectivity index (χ1) is 9.22. The van der Waals surface area contributed by atoms with Crippen molar-refractivity contribution in [3.05, 3.63) is 0 Å². The highest BCUT2D eigenvalue weighted by Crippen LogP contribution is 2.24. The summed E-state index contributed by atoms with van der Waals surface area (Å²) in [4.78, 5) is 5.07. The molecule has 2 unspecified atom stereocenters. The lowest BCUT2D eigenvalue weighted by atomic mass is 9.86. The lowest BCUT2D eigenvalue weighted by Gasteiger charge is -2.40. The third-order valence-corrected chi connectivity index (χ3v) is 4.74. The number of rotatable bonds is 4. The van der Waals surface area contributed by atoms with E-state index in [1.54, 1.807) is 0 Å². The van der Waals surface area contributed by atoms with Crippen molar-refractivity contribution in [2.75, 3.05) is 53.5 Å². The van der Waals surface area contributed by atoms with Gasteiger partial charge in [-0.15, -0.1) is 0 Å². The zero-order valence-corrected chi connectivity index (χ0v) is 12.9. The molecule has 1 N–H and O–H groups in total. The average Bonchev–Trinajstić information content (AvgIpc) is 2.59. The fraction of sp³-hybridized carbons (Fsp3) is 1.00. The molecule has 2 fully saturated rings. The largest absolute Gasteiger partial charge is 0.381 e. The Labute approximate surface area is 118 Å². The van der Waals surface area contributed by atoms with E-state index in [4.69, 9.17) is 4.74 Å². The normalized spacial score (nSPS) is 30.2. The van der Waals surface area contributed by atoms with Crippen LogP contribution in [0.1, 0.15) is 26.2 Å². The number of hydrogen-bond donors (Lipinski definition) is 1. The summed E-state index contributed by atoms with van der Waals surface area (Å²) in [6.07, 6.45) is 3.72. The smallest absolute Gasteiger partial charge is 0.0469 e. The molecular weight excluding hydrogens is 238 g/mol. The van der Waals surface area contributed by atoms with Crippen molar-refractivity contribution in [3.63, 3.8) is 0 Å². The molecule has 19 heavy (non-hydrogen) atoms. The van der Waals surface area contributed by atoms with E-state index >= 15 is 0 Å². The molecule has 4 heteroatoms. The van der Waals surface area contributed by atoms with Gasteiger partial charge in [0.25, 0.3) is 0 Å². The Kier molecular flexibility index (Phi) is 6.07. The predicted molar refractivity (Wildman–Crippen MR) is 79.5 cm³/mol. The van der Waals surface area contributed by atoms with E-state index in [-0.39, 0.29) is 0 Å². The van der Waals surface area contributed by atoms with Gasteiger partial charge in [-0.3, -0.25) is 0 Å². The van der Waals surface area contributed by atoms with E-state index < -0.39 is 0 Å². The standard InChI is InChI=1S/C15H31N3O/c1-4-16-15(13-6-10-19-11-7-13)14-12-17(2)8-5-9-18(14)3/h13-16H,4-12H2,1-3H3. The Morgan fingerprint density at radius 1 is 1.21 bits per heavy atom. The SMILES string of the molecule is CCNC(C1CCOCC1)C1CN(C)CCCN1C. The van der Waals surface area contributed by atoms with Crippen molar-refractivity contribution < 1.29 is 4.74 Å². The third-order valence-electron chi connectivity index (χ3n) is 4.74. The summed E-state index contributed by atoms with van der Waals surface area (Å²) in [6.45, 7) is 8.82. The Balaban J connectivity index is 2.05. The number of nitrogens with one attached hydrogen (secondary N) is 1. The van der Waals surface area contributed by atoms with E-state index in [0.717, 1.165) is 25.7 Å². The summed E-state index contributed by atoms with van der Waals surface area (Å²) in [5.41, 5.74) is 0. The van der Waals surface area contributed by atoms with Crippen LogP contribution in [-0.2, 0) is 4.74 Å². The van der Waals surface area contributed by atoms with Gasteiger partial charge in [-0.1, -0.05) is 6.92 Å². The molecule has 0 aromatic rings. The van der Waals surface area contributed by atoms with E-state index in [1.165, 1.54) is 38.9 Å². The van der Waals surface area contributed by atoms with Crippen LogP contribution < -0.4 is 5.32 Å². The van der Waals surface area contributed by atoms with Crippen LogP contribution in [0, 0.1) is 5.92 Å². The Bertz CT molecular complexity index is 256. The van der Waals surface area contributed by atoms with Crippen LogP contribution in [0.2, 0.25) is 0 Å². The molecule has 2 aliphatic rings. The predicted octanol–water partition coefficient (Wildman–Crippen LogP) is 1.03. The second kappa shape index (κ2) is 7.58. The van der Waals surface area contributed by atoms with Gasteiger partial charge in [0.2, 0.25) is 0 Å². The quantitative estimate of drug-likeness (QED) is 0.825. The minimum Gasteiger partial charge on any atom is -0.381 e. The van der Waals surface area contributed by atoms with Gasteiger partial charge < -0.3 is 19.9 Å². The zero-order chi connectivity index (χ0) is 13.7. The van der Waals surface area contributed by atoms with Gasteiger partial charge in [0.1, 0.15) is 0 Å². The first-order valence-corrected chi connectivity index (χ1v) is 7.92. The highest BCUT2D eigenvalue weighted by molar-refractivity contribution is 4.92. The molecule has 2 saturated heterocycles. The van der Waals surface area contributed by atoms with Crippen LogP contribution in [-0.4, -0.2) is 75.4 Å². The molecular formula is C15H31N3O. The summed E-state index contributed by atoms with van der Waals surface area (Å²) in [7, 11) is 4.56. The first-order valence-electron chi connectivity index (χ1n) is 7.92. The minimum atomic E-state index is 0.611. The molecule has 0 aliphatic carbocycles. The molecule has 0 amide bonds. The highest BCUT2D eigenvalue weighted by atomic mass is 16.5. The summed E-state index contributed by atoms with van der Waals surface area (Å²) in [5, 5.41) is 3.78. The van der Waals surface area contributed by atoms with Crippen molar-refractivity contribution in [1.82, 2.24) is 15.1 Å². The molecule has 0 saturated carbocycles. The minimum absolute atomic E-state index is 0.611. The lowest BCUT2D eigenvalue weighted by Crippen LogP contribution is -2.56. The van der Waals surface area contributed by atoms with Gasteiger partial charge in [0.05, 0.1) is 0 Å². The molecule has 4 nitrogen and oxygen atoms in total. The third kappa shape index (κ3) is 4.15. The van der Waals surface area contributed by atoms with Crippen molar-refractivity contribution in [2.45, 2.75) is 38.3 Å². The van der Waals surface area contributed by atoms with Gasteiger partial charge in [-0.05, 0) is 58.9 Å². The molecule has 0 bridgehead atoms. The van der Waals surface area contributed by atoms with E-state index in [2.05, 4.69) is 36.1 Å². The topological polar surface area (TPSA) is 27.7 Å². The maximum absolute atomic E-state index is 5.54. The molecule has 2 atom stereocenters. The van der Waals surface area contributed by atoms with E-state index in [0.29, 0.717) is 12.1 Å². The summed E-state index contributed by atoms with van der Waals surface area (Å²) in [5.74, 6) is 0.771. The molecule has 2 heterocycles. The van der Waals surface area contributed by atoms with Crippen LogP contribution in [0.5, 0.6) is 0 Å². The maximum atomic E-state index is 5.54. The molecule has 112 valence electrons. The van der Waals surface area contributed by atoms with Crippen LogP contribution >= 0.6 is 0 Å². The van der Waals surface area contributed by atoms with Gasteiger partial charge >= 0.3 is 0 Å².